The number of benzene rings is 9. The van der Waals surface area contributed by atoms with Crippen molar-refractivity contribution in [2.24, 2.45) is 10.2 Å². The van der Waals surface area contributed by atoms with Gasteiger partial charge in [-0.25, -0.2) is 0 Å². The molecule has 6 fully saturated rings. The Kier molecular flexibility index (Phi) is 27.5. The van der Waals surface area contributed by atoms with Crippen LogP contribution in [0.4, 0.5) is 0 Å². The molecule has 15 rings (SSSR count). The second-order valence-corrected chi connectivity index (χ2v) is 27.9. The molecule has 6 aliphatic rings. The van der Waals surface area contributed by atoms with Gasteiger partial charge in [0.15, 0.2) is 37.7 Å². The molecular formula is C87H90N6O19. The molecule has 6 aliphatic heterocycles. The van der Waals surface area contributed by atoms with Crippen LogP contribution in [0.2, 0.25) is 0 Å². The smallest absolute Gasteiger partial charge is 0.187 e. The zero-order valence-corrected chi connectivity index (χ0v) is 61.7. The lowest BCUT2D eigenvalue weighted by molar-refractivity contribution is -0.398. The van der Waals surface area contributed by atoms with Crippen LogP contribution >= 0.6 is 0 Å². The molecule has 9 aromatic rings. The minimum Gasteiger partial charge on any atom is -0.491 e. The Labute approximate surface area is 649 Å². The van der Waals surface area contributed by atoms with Gasteiger partial charge in [0.1, 0.15) is 110 Å². The third-order valence-electron chi connectivity index (χ3n) is 20.4. The Morgan fingerprint density at radius 1 is 0.321 bits per heavy atom. The maximum absolute atomic E-state index is 11.1. The zero-order chi connectivity index (χ0) is 76.1. The molecule has 25 nitrogen and oxygen atoms in total. The molecule has 9 aromatic carbocycles. The first-order chi connectivity index (χ1) is 55.4. The topological polar surface area (TPSA) is 273 Å². The summed E-state index contributed by atoms with van der Waals surface area (Å²) in [4.78, 5) is 6.95. The number of fused-ring (bicyclic) bond motifs is 2. The molecule has 0 aromatic heterocycles. The van der Waals surface area contributed by atoms with Gasteiger partial charge in [-0.3, -0.25) is 0 Å². The number of nitrogens with zero attached hydrogens (tertiary/aromatic N) is 6. The van der Waals surface area contributed by atoms with E-state index in [0.29, 0.717) is 16.9 Å². The van der Waals surface area contributed by atoms with E-state index in [4.69, 9.17) is 90.0 Å². The SMILES string of the molecule is CO[C@H]1O[C@H](CO[C@@H]2O[C@@H]3CO[C@H](c4ccccc4)O[C@@H]3[C@H](O[C@@H]3O[C@@H]4CO[C@H](c5ccccc5)O[C@@H]4[C@H](O[C@H]4O[C@H](COc5ccccc5)[C@H](OCc5ccccc5)[C@H](OCc5ccccc5)[C@H]4OCc4ccccc4)[C@H]3N=[N+]=[N-])[C@H]2N=[N+]=[N-])[C@@H](OCc2ccccc2)[C@H](OCc2ccccc2)[C@H]1OCc1ccccc1. The summed E-state index contributed by atoms with van der Waals surface area (Å²) in [5.74, 6) is 0.578. The summed E-state index contributed by atoms with van der Waals surface area (Å²) in [5, 5.41) is 9.02. The van der Waals surface area contributed by atoms with Crippen molar-refractivity contribution < 1.29 is 90.0 Å². The first-order valence-corrected chi connectivity index (χ1v) is 37.8. The molecule has 112 heavy (non-hydrogen) atoms. The van der Waals surface area contributed by atoms with Crippen LogP contribution in [-0.2, 0) is 125 Å². The molecule has 0 unspecified atom stereocenters. The summed E-state index contributed by atoms with van der Waals surface area (Å²) in [7, 11) is 1.54. The first-order valence-electron chi connectivity index (χ1n) is 37.8. The van der Waals surface area contributed by atoms with E-state index in [0.717, 1.165) is 33.4 Å². The van der Waals surface area contributed by atoms with Gasteiger partial charge in [0.25, 0.3) is 0 Å². The minimum absolute atomic E-state index is 0.0523. The van der Waals surface area contributed by atoms with Crippen LogP contribution in [0.3, 0.4) is 0 Å². The van der Waals surface area contributed by atoms with Gasteiger partial charge in [-0.05, 0) is 56.6 Å². The van der Waals surface area contributed by atoms with Crippen molar-refractivity contribution in [2.45, 2.75) is 175 Å². The molecule has 22 atom stereocenters. The van der Waals surface area contributed by atoms with E-state index < -0.39 is 135 Å². The lowest BCUT2D eigenvalue weighted by Crippen LogP contribution is -2.68. The average molecular weight is 1520 g/mol. The number of hydrogen-bond donors (Lipinski definition) is 0. The highest BCUT2D eigenvalue weighted by Gasteiger charge is 2.59. The van der Waals surface area contributed by atoms with Crippen molar-refractivity contribution >= 4 is 0 Å². The van der Waals surface area contributed by atoms with Crippen molar-refractivity contribution in [3.8, 4) is 5.75 Å². The highest BCUT2D eigenvalue weighted by atomic mass is 16.8. The van der Waals surface area contributed by atoms with Gasteiger partial charge in [0, 0.05) is 28.1 Å². The van der Waals surface area contributed by atoms with Gasteiger partial charge in [0.2, 0.25) is 0 Å². The van der Waals surface area contributed by atoms with Crippen LogP contribution < -0.4 is 4.74 Å². The number of methoxy groups -OCH3 is 1. The van der Waals surface area contributed by atoms with E-state index in [1.54, 1.807) is 0 Å². The Hall–Kier alpha value is -9.32. The summed E-state index contributed by atoms with van der Waals surface area (Å²) >= 11 is 0. The third-order valence-corrected chi connectivity index (χ3v) is 20.4. The van der Waals surface area contributed by atoms with Gasteiger partial charge in [-0.2, -0.15) is 0 Å². The fourth-order valence-electron chi connectivity index (χ4n) is 14.9. The number of rotatable bonds is 33. The van der Waals surface area contributed by atoms with E-state index >= 15 is 0 Å². The van der Waals surface area contributed by atoms with Gasteiger partial charge in [-0.1, -0.05) is 271 Å². The average Bonchev–Trinajstić information content (AvgIpc) is 1.15. The molecule has 6 saturated heterocycles. The number of ether oxygens (including phenoxy) is 19. The Morgan fingerprint density at radius 3 is 1.04 bits per heavy atom. The fraction of sp³-hybridized carbons (Fsp3) is 0.379. The van der Waals surface area contributed by atoms with E-state index in [2.05, 4.69) is 20.1 Å². The van der Waals surface area contributed by atoms with E-state index in [1.807, 2.05) is 273 Å². The fourth-order valence-corrected chi connectivity index (χ4v) is 14.9. The zero-order valence-electron chi connectivity index (χ0n) is 61.7. The van der Waals surface area contributed by atoms with Crippen molar-refractivity contribution in [3.63, 3.8) is 0 Å². The number of azide groups is 2. The van der Waals surface area contributed by atoms with E-state index in [9.17, 15) is 11.1 Å². The minimum atomic E-state index is -1.59. The maximum Gasteiger partial charge on any atom is 0.187 e. The summed E-state index contributed by atoms with van der Waals surface area (Å²) in [6.45, 7) is 0.401. The van der Waals surface area contributed by atoms with Crippen molar-refractivity contribution in [3.05, 3.63) is 338 Å². The predicted octanol–water partition coefficient (Wildman–Crippen LogP) is 14.5. The van der Waals surface area contributed by atoms with Crippen LogP contribution in [0, 0.1) is 0 Å². The second kappa shape index (κ2) is 39.4. The molecule has 0 spiro atoms. The van der Waals surface area contributed by atoms with Crippen LogP contribution in [0.15, 0.2) is 283 Å². The highest BCUT2D eigenvalue weighted by molar-refractivity contribution is 5.24. The lowest BCUT2D eigenvalue weighted by Gasteiger charge is -2.53. The lowest BCUT2D eigenvalue weighted by atomic mass is 9.93. The molecule has 25 heteroatoms. The van der Waals surface area contributed by atoms with Gasteiger partial charge in [0.05, 0.1) is 59.5 Å². The Bertz CT molecular complexity index is 4380. The molecule has 582 valence electrons. The van der Waals surface area contributed by atoms with Crippen LogP contribution in [0.5, 0.6) is 5.75 Å². The largest absolute Gasteiger partial charge is 0.491 e. The van der Waals surface area contributed by atoms with Crippen LogP contribution in [0.1, 0.15) is 57.1 Å². The van der Waals surface area contributed by atoms with Crippen molar-refractivity contribution in [1.82, 2.24) is 0 Å². The van der Waals surface area contributed by atoms with Crippen molar-refractivity contribution in [1.29, 1.82) is 0 Å². The van der Waals surface area contributed by atoms with Crippen LogP contribution in [0.25, 0.3) is 20.9 Å². The monoisotopic (exact) mass is 1520 g/mol. The molecule has 0 bridgehead atoms. The highest BCUT2D eigenvalue weighted by Crippen LogP contribution is 2.44. The summed E-state index contributed by atoms with van der Waals surface area (Å²) in [6.07, 6.45) is -21.7. The molecule has 0 aliphatic carbocycles. The Morgan fingerprint density at radius 2 is 0.643 bits per heavy atom. The van der Waals surface area contributed by atoms with E-state index in [1.165, 1.54) is 7.11 Å². The standard InChI is InChI=1S/C87H90N6O19/c1-94-86-80(100-51-61-37-19-6-20-38-61)78(98-49-59-33-15-4-16-34-59)73(97-48-58-31-13-3-14-32-58)67(107-86)54-104-84-70(90-92-88)76(74-68(105-84)55-102-82(109-74)63-41-23-8-24-42-63)111-85-71(91-93-89)77(75-69(106-85)56-103-83(110-75)64-43-25-9-26-44-64)112-87-81(101-52-62-39-21-7-22-40-62)79(99-50-60-35-17-5-18-36-60)72(96-47-57-29-11-2-12-30-57)66(108-87)53-95-65-45-27-10-28-46-65/h2-46,66-87H,47-56H2,1H3/t66-,67-,68-,69-,70-,71-,72+,73-,74+,75+,76-,77-,78+,79+,80-,81-,82+,83+,84-,85+,86+,87-/m1/s1. The van der Waals surface area contributed by atoms with E-state index in [-0.39, 0.29) is 66.1 Å². The van der Waals surface area contributed by atoms with Crippen LogP contribution in [-0.4, -0.2) is 156 Å². The molecule has 0 radical (unpaired) electrons. The first kappa shape index (κ1) is 78.0. The maximum atomic E-state index is 11.1. The second-order valence-electron chi connectivity index (χ2n) is 27.9. The summed E-state index contributed by atoms with van der Waals surface area (Å²) < 4.78 is 132. The van der Waals surface area contributed by atoms with Gasteiger partial charge in [-0.15, -0.1) is 0 Å². The Balaban J connectivity index is 0.792. The predicted molar refractivity (Wildman–Crippen MR) is 405 cm³/mol. The number of hydrogen-bond acceptors (Lipinski definition) is 21. The quantitative estimate of drug-likeness (QED) is 0.0210. The molecule has 0 amide bonds. The van der Waals surface area contributed by atoms with Crippen molar-refractivity contribution in [2.75, 3.05) is 33.5 Å². The molecule has 0 N–H and O–H groups in total. The summed E-state index contributed by atoms with van der Waals surface area (Å²) in [6, 6.07) is 84.0. The summed E-state index contributed by atoms with van der Waals surface area (Å²) in [5.41, 5.74) is 28.7. The van der Waals surface area contributed by atoms with Gasteiger partial charge >= 0.3 is 0 Å². The number of para-hydroxylation sites is 1. The normalized spacial score (nSPS) is 30.3. The molecular weight excluding hydrogens is 1430 g/mol. The molecule has 0 saturated carbocycles. The molecule has 6 heterocycles. The van der Waals surface area contributed by atoms with Gasteiger partial charge < -0.3 is 90.0 Å². The third kappa shape index (κ3) is 19.8.